The first kappa shape index (κ1) is 36.6. The van der Waals surface area contributed by atoms with Crippen LogP contribution in [0.15, 0.2) is 0 Å². The number of nitrogens with zero attached hydrogens (tertiary/aromatic N) is 1. The Kier molecular flexibility index (Phi) is 18.2. The summed E-state index contributed by atoms with van der Waals surface area (Å²) in [5.74, 6) is -2.68. The van der Waals surface area contributed by atoms with Gasteiger partial charge in [-0.05, 0) is 25.7 Å². The standard InChI is InChI=1S/C32H56N2O7/c1-32(2,3)27(35)24-26(31(40)41)33-30(39)25-20-22-34(23-21-25)28(36)18-16-14-12-10-8-6-4-5-7-9-11-13-15-17-19-29(37)38/h25-26H,4-24H2,1-3H3,(H,33,39)(H,37,38)(H,40,41)/t26-/m1/s1. The molecule has 41 heavy (non-hydrogen) atoms. The average Bonchev–Trinajstić information content (AvgIpc) is 2.91. The van der Waals surface area contributed by atoms with Gasteiger partial charge in [0.05, 0.1) is 0 Å². The third kappa shape index (κ3) is 17.2. The lowest BCUT2D eigenvalue weighted by molar-refractivity contribution is -0.145. The predicted octanol–water partition coefficient (Wildman–Crippen LogP) is 6.13. The summed E-state index contributed by atoms with van der Waals surface area (Å²) < 4.78 is 0. The maximum Gasteiger partial charge on any atom is 0.326 e. The molecule has 9 nitrogen and oxygen atoms in total. The molecule has 0 aromatic rings. The van der Waals surface area contributed by atoms with E-state index in [1.807, 2.05) is 4.90 Å². The van der Waals surface area contributed by atoms with Crippen molar-refractivity contribution in [2.24, 2.45) is 11.3 Å². The maximum absolute atomic E-state index is 12.7. The Balaban J connectivity index is 2.07. The van der Waals surface area contributed by atoms with Gasteiger partial charge in [0.2, 0.25) is 11.8 Å². The highest BCUT2D eigenvalue weighted by Crippen LogP contribution is 2.21. The first-order valence-corrected chi connectivity index (χ1v) is 16.0. The van der Waals surface area contributed by atoms with E-state index in [0.717, 1.165) is 38.5 Å². The molecule has 1 fully saturated rings. The van der Waals surface area contributed by atoms with Gasteiger partial charge in [-0.15, -0.1) is 0 Å². The lowest BCUT2D eigenvalue weighted by atomic mass is 9.87. The number of nitrogens with one attached hydrogen (secondary N) is 1. The summed E-state index contributed by atoms with van der Waals surface area (Å²) in [7, 11) is 0. The van der Waals surface area contributed by atoms with Gasteiger partial charge in [0.25, 0.3) is 0 Å². The van der Waals surface area contributed by atoms with Gasteiger partial charge in [0.1, 0.15) is 11.8 Å². The zero-order valence-corrected chi connectivity index (χ0v) is 25.9. The second kappa shape index (κ2) is 20.4. The van der Waals surface area contributed by atoms with Crippen molar-refractivity contribution in [2.45, 2.75) is 149 Å². The van der Waals surface area contributed by atoms with Crippen LogP contribution in [0.5, 0.6) is 0 Å². The van der Waals surface area contributed by atoms with Crippen molar-refractivity contribution in [1.29, 1.82) is 0 Å². The number of unbranched alkanes of at least 4 members (excludes halogenated alkanes) is 13. The van der Waals surface area contributed by atoms with Crippen LogP contribution in [0.2, 0.25) is 0 Å². The third-order valence-electron chi connectivity index (χ3n) is 8.09. The molecule has 1 aliphatic rings. The molecule has 236 valence electrons. The molecular weight excluding hydrogens is 524 g/mol. The fourth-order valence-corrected chi connectivity index (χ4v) is 5.20. The summed E-state index contributed by atoms with van der Waals surface area (Å²) in [5, 5.41) is 20.6. The minimum Gasteiger partial charge on any atom is -0.481 e. The van der Waals surface area contributed by atoms with Crippen LogP contribution in [0.4, 0.5) is 0 Å². The summed E-state index contributed by atoms with van der Waals surface area (Å²) in [6.07, 6.45) is 17.6. The van der Waals surface area contributed by atoms with Crippen molar-refractivity contribution >= 4 is 29.5 Å². The molecule has 1 heterocycles. The molecule has 0 bridgehead atoms. The smallest absolute Gasteiger partial charge is 0.326 e. The van der Waals surface area contributed by atoms with Crippen LogP contribution in [0.1, 0.15) is 143 Å². The molecule has 3 N–H and O–H groups in total. The Morgan fingerprint density at radius 3 is 1.51 bits per heavy atom. The number of hydrogen-bond donors (Lipinski definition) is 3. The van der Waals surface area contributed by atoms with E-state index in [4.69, 9.17) is 5.11 Å². The normalized spacial score (nSPS) is 15.0. The largest absolute Gasteiger partial charge is 0.481 e. The van der Waals surface area contributed by atoms with Crippen molar-refractivity contribution < 1.29 is 34.2 Å². The minimum atomic E-state index is -1.23. The summed E-state index contributed by atoms with van der Waals surface area (Å²) in [4.78, 5) is 61.4. The number of carboxylic acid groups (broad SMARTS) is 2. The first-order chi connectivity index (χ1) is 19.4. The Morgan fingerprint density at radius 2 is 1.12 bits per heavy atom. The summed E-state index contributed by atoms with van der Waals surface area (Å²) in [5.41, 5.74) is -0.668. The SMILES string of the molecule is CC(C)(C)C(=O)C[C@@H](NC(=O)C1CCN(C(=O)CCCCCCCCCCCCCCCCC(=O)O)CC1)C(=O)O. The predicted molar refractivity (Wildman–Crippen MR) is 159 cm³/mol. The summed E-state index contributed by atoms with van der Waals surface area (Å²) in [6, 6.07) is -1.23. The molecule has 0 aromatic carbocycles. The number of carbonyl (C=O) groups is 5. The van der Waals surface area contributed by atoms with Gasteiger partial charge >= 0.3 is 11.9 Å². The second-order valence-electron chi connectivity index (χ2n) is 12.8. The zero-order chi connectivity index (χ0) is 30.7. The molecule has 2 amide bonds. The van der Waals surface area contributed by atoms with Crippen molar-refractivity contribution in [3.05, 3.63) is 0 Å². The van der Waals surface area contributed by atoms with Crippen LogP contribution in [0.25, 0.3) is 0 Å². The van der Waals surface area contributed by atoms with E-state index in [0.29, 0.717) is 38.8 Å². The number of aliphatic carboxylic acids is 2. The summed E-state index contributed by atoms with van der Waals surface area (Å²) >= 11 is 0. The van der Waals surface area contributed by atoms with E-state index in [2.05, 4.69) is 5.32 Å². The molecule has 1 rings (SSSR count). The van der Waals surface area contributed by atoms with Gasteiger partial charge < -0.3 is 20.4 Å². The van der Waals surface area contributed by atoms with Crippen LogP contribution >= 0.6 is 0 Å². The Morgan fingerprint density at radius 1 is 0.707 bits per heavy atom. The Bertz CT molecular complexity index is 813. The molecule has 0 spiro atoms. The average molecular weight is 581 g/mol. The first-order valence-electron chi connectivity index (χ1n) is 16.0. The van der Waals surface area contributed by atoms with Crippen LogP contribution in [0, 0.1) is 11.3 Å². The lowest BCUT2D eigenvalue weighted by Crippen LogP contribution is -2.48. The summed E-state index contributed by atoms with van der Waals surface area (Å²) in [6.45, 7) is 6.19. The number of likely N-dealkylation sites (tertiary alicyclic amines) is 1. The minimum absolute atomic E-state index is 0.130. The van der Waals surface area contributed by atoms with E-state index in [9.17, 15) is 29.1 Å². The number of amides is 2. The fraction of sp³-hybridized carbons (Fsp3) is 0.844. The molecule has 0 saturated carbocycles. The van der Waals surface area contributed by atoms with E-state index in [1.165, 1.54) is 51.4 Å². The molecule has 0 radical (unpaired) electrons. The quantitative estimate of drug-likeness (QED) is 0.131. The van der Waals surface area contributed by atoms with E-state index in [1.54, 1.807) is 20.8 Å². The molecule has 1 atom stereocenters. The van der Waals surface area contributed by atoms with Gasteiger partial charge in [-0.3, -0.25) is 19.2 Å². The Labute approximate surface area is 247 Å². The number of Topliss-reactive ketones (excluding diaryl/α,β-unsaturated/α-hetero) is 1. The van der Waals surface area contributed by atoms with Gasteiger partial charge in [-0.1, -0.05) is 97.8 Å². The number of ketones is 1. The molecule has 1 aliphatic heterocycles. The van der Waals surface area contributed by atoms with Crippen molar-refractivity contribution in [3.8, 4) is 0 Å². The Hall–Kier alpha value is -2.45. The van der Waals surface area contributed by atoms with Gasteiger partial charge in [0.15, 0.2) is 0 Å². The van der Waals surface area contributed by atoms with Crippen LogP contribution in [-0.4, -0.2) is 63.8 Å². The van der Waals surface area contributed by atoms with Gasteiger partial charge in [0, 0.05) is 43.7 Å². The van der Waals surface area contributed by atoms with E-state index < -0.39 is 23.4 Å². The molecule has 9 heteroatoms. The molecular formula is C32H56N2O7. The molecule has 0 aromatic heterocycles. The monoisotopic (exact) mass is 580 g/mol. The molecule has 0 unspecified atom stereocenters. The highest BCUT2D eigenvalue weighted by Gasteiger charge is 2.33. The van der Waals surface area contributed by atoms with Crippen molar-refractivity contribution in [3.63, 3.8) is 0 Å². The maximum atomic E-state index is 12.7. The van der Waals surface area contributed by atoms with Gasteiger partial charge in [-0.25, -0.2) is 4.79 Å². The van der Waals surface area contributed by atoms with Crippen molar-refractivity contribution in [1.82, 2.24) is 10.2 Å². The number of piperidine rings is 1. The van der Waals surface area contributed by atoms with Crippen LogP contribution < -0.4 is 5.32 Å². The number of carboxylic acids is 2. The number of rotatable bonds is 22. The van der Waals surface area contributed by atoms with E-state index >= 15 is 0 Å². The van der Waals surface area contributed by atoms with Crippen LogP contribution in [0.3, 0.4) is 0 Å². The zero-order valence-electron chi connectivity index (χ0n) is 25.9. The molecule has 1 saturated heterocycles. The number of carbonyl (C=O) groups excluding carboxylic acids is 3. The van der Waals surface area contributed by atoms with E-state index in [-0.39, 0.29) is 29.9 Å². The fourth-order valence-electron chi connectivity index (χ4n) is 5.20. The van der Waals surface area contributed by atoms with Crippen LogP contribution in [-0.2, 0) is 24.0 Å². The lowest BCUT2D eigenvalue weighted by Gasteiger charge is -2.32. The highest BCUT2D eigenvalue weighted by molar-refractivity contribution is 5.92. The third-order valence-corrected chi connectivity index (χ3v) is 8.09. The second-order valence-corrected chi connectivity index (χ2v) is 12.8. The molecule has 0 aliphatic carbocycles. The number of hydrogen-bond acceptors (Lipinski definition) is 5. The topological polar surface area (TPSA) is 141 Å². The van der Waals surface area contributed by atoms with Crippen molar-refractivity contribution in [2.75, 3.05) is 13.1 Å². The van der Waals surface area contributed by atoms with Gasteiger partial charge in [-0.2, -0.15) is 0 Å². The highest BCUT2D eigenvalue weighted by atomic mass is 16.4.